The van der Waals surface area contributed by atoms with Crippen LogP contribution in [-0.2, 0) is 4.79 Å². The van der Waals surface area contributed by atoms with Gasteiger partial charge in [-0.2, -0.15) is 0 Å². The lowest BCUT2D eigenvalue weighted by molar-refractivity contribution is -0.125. The lowest BCUT2D eigenvalue weighted by atomic mass is 9.82. The molecule has 2 saturated heterocycles. The third-order valence-corrected chi connectivity index (χ3v) is 7.55. The van der Waals surface area contributed by atoms with Gasteiger partial charge in [0, 0.05) is 55.5 Å². The first kappa shape index (κ1) is 25.0. The van der Waals surface area contributed by atoms with Crippen molar-refractivity contribution in [1.82, 2.24) is 10.3 Å². The second-order valence-corrected chi connectivity index (χ2v) is 9.98. The molecule has 2 unspecified atom stereocenters. The zero-order valence-electron chi connectivity index (χ0n) is 20.7. The van der Waals surface area contributed by atoms with Crippen molar-refractivity contribution < 1.29 is 14.7 Å². The molecule has 0 radical (unpaired) electrons. The van der Waals surface area contributed by atoms with Crippen molar-refractivity contribution in [2.24, 2.45) is 17.6 Å². The number of amides is 1. The van der Waals surface area contributed by atoms with Crippen LogP contribution in [0.25, 0.3) is 0 Å². The minimum Gasteiger partial charge on any atom is -0.508 e. The summed E-state index contributed by atoms with van der Waals surface area (Å²) in [4.78, 5) is 28.9. The van der Waals surface area contributed by atoms with Crippen LogP contribution in [0.2, 0.25) is 0 Å². The van der Waals surface area contributed by atoms with Gasteiger partial charge in [0.2, 0.25) is 5.91 Å². The number of primary amides is 1. The van der Waals surface area contributed by atoms with Crippen LogP contribution in [0.1, 0.15) is 42.1 Å². The van der Waals surface area contributed by atoms with Gasteiger partial charge in [-0.25, -0.2) is 5.43 Å². The van der Waals surface area contributed by atoms with E-state index < -0.39 is 5.91 Å². The summed E-state index contributed by atoms with van der Waals surface area (Å²) in [5, 5.41) is 9.86. The molecule has 0 spiro atoms. The molecule has 188 valence electrons. The number of ketones is 1. The summed E-state index contributed by atoms with van der Waals surface area (Å²) in [6, 6.07) is 13.2. The first-order chi connectivity index (χ1) is 16.8. The number of piperidine rings is 1. The zero-order chi connectivity index (χ0) is 24.9. The number of hydrazine groups is 1. The molecule has 2 heterocycles. The molecule has 8 nitrogen and oxygen atoms in total. The number of hydrogen-bond acceptors (Lipinski definition) is 7. The number of aryl methyl sites for hydroxylation is 1. The summed E-state index contributed by atoms with van der Waals surface area (Å²) < 4.78 is 0. The predicted octanol–water partition coefficient (Wildman–Crippen LogP) is 2.91. The summed E-state index contributed by atoms with van der Waals surface area (Å²) in [6.45, 7) is 8.00. The highest BCUT2D eigenvalue weighted by molar-refractivity contribution is 5.93. The number of carbonyl (C=O) groups excluding carboxylic acids is 2. The molecule has 2 aromatic rings. The van der Waals surface area contributed by atoms with E-state index in [0.717, 1.165) is 62.4 Å². The number of phenolic OH excluding ortho intramolecular Hbond substituents is 1. The lowest BCUT2D eigenvalue weighted by Gasteiger charge is -2.36. The average Bonchev–Trinajstić information content (AvgIpc) is 3.31. The second kappa shape index (κ2) is 11.1. The fourth-order valence-electron chi connectivity index (χ4n) is 5.09. The molecule has 1 amide bonds. The Balaban J connectivity index is 1.19. The van der Waals surface area contributed by atoms with E-state index in [9.17, 15) is 14.7 Å². The molecule has 35 heavy (non-hydrogen) atoms. The molecule has 2 aliphatic heterocycles. The van der Waals surface area contributed by atoms with Gasteiger partial charge in [0.05, 0.1) is 12.2 Å². The molecule has 8 heteroatoms. The van der Waals surface area contributed by atoms with Crippen LogP contribution in [0.5, 0.6) is 5.75 Å². The first-order valence-electron chi connectivity index (χ1n) is 12.5. The Morgan fingerprint density at radius 3 is 2.46 bits per heavy atom. The van der Waals surface area contributed by atoms with E-state index in [2.05, 4.69) is 27.6 Å². The number of phenols is 1. The quantitative estimate of drug-likeness (QED) is 0.409. The van der Waals surface area contributed by atoms with E-state index in [0.29, 0.717) is 23.8 Å². The maximum Gasteiger partial charge on any atom is 0.248 e. The van der Waals surface area contributed by atoms with Crippen LogP contribution in [-0.4, -0.2) is 60.5 Å². The van der Waals surface area contributed by atoms with E-state index in [1.54, 1.807) is 18.2 Å². The number of nitrogens with two attached hydrogens (primary N) is 1. The number of nitrogens with one attached hydrogen (secondary N) is 2. The van der Waals surface area contributed by atoms with Gasteiger partial charge in [-0.15, -0.1) is 0 Å². The van der Waals surface area contributed by atoms with Gasteiger partial charge < -0.3 is 21.2 Å². The summed E-state index contributed by atoms with van der Waals surface area (Å²) in [5.74, 6) is 0.638. The van der Waals surface area contributed by atoms with Crippen molar-refractivity contribution >= 4 is 23.1 Å². The Kier molecular flexibility index (Phi) is 7.93. The Labute approximate surface area is 207 Å². The maximum atomic E-state index is 13.0. The first-order valence-corrected chi connectivity index (χ1v) is 12.5. The fourth-order valence-corrected chi connectivity index (χ4v) is 5.09. The van der Waals surface area contributed by atoms with E-state index in [1.165, 1.54) is 0 Å². The molecule has 5 N–H and O–H groups in total. The third-order valence-electron chi connectivity index (χ3n) is 7.55. The molecular weight excluding hydrogens is 442 g/mol. The summed E-state index contributed by atoms with van der Waals surface area (Å²) in [6.07, 6.45) is 2.95. The van der Waals surface area contributed by atoms with E-state index >= 15 is 0 Å². The van der Waals surface area contributed by atoms with Gasteiger partial charge in [-0.1, -0.05) is 13.0 Å². The van der Waals surface area contributed by atoms with Crippen molar-refractivity contribution in [2.45, 2.75) is 39.2 Å². The van der Waals surface area contributed by atoms with Gasteiger partial charge in [0.25, 0.3) is 0 Å². The maximum absolute atomic E-state index is 13.0. The standard InChI is InChI=1S/C27H37N5O3/c1-18-3-6-22(15-25(18)33)29-30-23-11-12-31(16-23)17-26(34)19(2)20-9-13-32(14-10-20)24-7-4-21(5-8-24)27(28)35/h3-8,15,19-20,23,29-30,33H,9-14,16-17H2,1-2H3,(H2,28,35). The number of aromatic hydroxyl groups is 1. The Morgan fingerprint density at radius 1 is 1.09 bits per heavy atom. The Hall–Kier alpha value is -3.10. The lowest BCUT2D eigenvalue weighted by Crippen LogP contribution is -2.41. The van der Waals surface area contributed by atoms with E-state index in [1.807, 2.05) is 31.2 Å². The molecule has 0 aliphatic carbocycles. The topological polar surface area (TPSA) is 111 Å². The number of rotatable bonds is 9. The number of nitrogens with zero attached hydrogens (tertiary/aromatic N) is 2. The van der Waals surface area contributed by atoms with Crippen molar-refractivity contribution in [2.75, 3.05) is 43.0 Å². The largest absolute Gasteiger partial charge is 0.508 e. The molecule has 0 saturated carbocycles. The highest BCUT2D eigenvalue weighted by atomic mass is 16.3. The fraction of sp³-hybridized carbons (Fsp3) is 0.481. The van der Waals surface area contributed by atoms with Crippen LogP contribution < -0.4 is 21.5 Å². The van der Waals surface area contributed by atoms with Crippen molar-refractivity contribution in [3.05, 3.63) is 53.6 Å². The normalized spacial score (nSPS) is 20.1. The number of benzene rings is 2. The molecule has 2 fully saturated rings. The molecule has 2 aromatic carbocycles. The van der Waals surface area contributed by atoms with Crippen LogP contribution in [0, 0.1) is 18.8 Å². The summed E-state index contributed by atoms with van der Waals surface area (Å²) >= 11 is 0. The number of hydrogen-bond donors (Lipinski definition) is 4. The molecule has 0 bridgehead atoms. The smallest absolute Gasteiger partial charge is 0.248 e. The van der Waals surface area contributed by atoms with Gasteiger partial charge >= 0.3 is 0 Å². The van der Waals surface area contributed by atoms with E-state index in [-0.39, 0.29) is 17.7 Å². The molecule has 0 aromatic heterocycles. The van der Waals surface area contributed by atoms with Crippen LogP contribution in [0.3, 0.4) is 0 Å². The van der Waals surface area contributed by atoms with Gasteiger partial charge in [0.15, 0.2) is 0 Å². The van der Waals surface area contributed by atoms with Crippen LogP contribution >= 0.6 is 0 Å². The zero-order valence-corrected chi connectivity index (χ0v) is 20.7. The summed E-state index contributed by atoms with van der Waals surface area (Å²) in [5.41, 5.74) is 15.1. The monoisotopic (exact) mass is 479 g/mol. The second-order valence-electron chi connectivity index (χ2n) is 9.98. The molecule has 2 atom stereocenters. The Morgan fingerprint density at radius 2 is 1.80 bits per heavy atom. The SMILES string of the molecule is Cc1ccc(NNC2CCN(CC(=O)C(C)C3CCN(c4ccc(C(N)=O)cc4)CC3)C2)cc1O. The van der Waals surface area contributed by atoms with Crippen LogP contribution in [0.4, 0.5) is 11.4 Å². The average molecular weight is 480 g/mol. The third kappa shape index (κ3) is 6.32. The van der Waals surface area contributed by atoms with Gasteiger partial charge in [-0.3, -0.25) is 14.5 Å². The van der Waals surface area contributed by atoms with Crippen molar-refractivity contribution in [3.63, 3.8) is 0 Å². The van der Waals surface area contributed by atoms with Gasteiger partial charge in [-0.05, 0) is 68.0 Å². The number of carbonyl (C=O) groups is 2. The number of likely N-dealkylation sites (tertiary alicyclic amines) is 1. The Bertz CT molecular complexity index is 1030. The highest BCUT2D eigenvalue weighted by Gasteiger charge is 2.31. The predicted molar refractivity (Wildman–Crippen MR) is 139 cm³/mol. The van der Waals surface area contributed by atoms with Crippen molar-refractivity contribution in [1.29, 1.82) is 0 Å². The highest BCUT2D eigenvalue weighted by Crippen LogP contribution is 2.29. The minimum absolute atomic E-state index is 0.0510. The molecular formula is C27H37N5O3. The summed E-state index contributed by atoms with van der Waals surface area (Å²) in [7, 11) is 0. The molecule has 4 rings (SSSR count). The number of anilines is 2. The van der Waals surface area contributed by atoms with Crippen LogP contribution in [0.15, 0.2) is 42.5 Å². The number of Topliss-reactive ketones (excluding diaryl/α,β-unsaturated/α-hetero) is 1. The minimum atomic E-state index is -0.412. The molecule has 2 aliphatic rings. The van der Waals surface area contributed by atoms with E-state index in [4.69, 9.17) is 5.73 Å². The van der Waals surface area contributed by atoms with Crippen molar-refractivity contribution in [3.8, 4) is 5.75 Å². The van der Waals surface area contributed by atoms with Gasteiger partial charge in [0.1, 0.15) is 11.5 Å².